The molecule has 3 N–H and O–H groups in total. The minimum atomic E-state index is -4.07. The van der Waals surface area contributed by atoms with E-state index in [1.165, 1.54) is 51.3 Å². The summed E-state index contributed by atoms with van der Waals surface area (Å²) in [4.78, 5) is 22.2. The molecule has 12 heteroatoms. The van der Waals surface area contributed by atoms with Gasteiger partial charge in [0.1, 0.15) is 18.2 Å². The fraction of sp³-hybridized carbons (Fsp3) is 0.759. The third-order valence-electron chi connectivity index (χ3n) is 7.00. The molecule has 2 rings (SSSR count). The number of terminal acetylenes is 1. The van der Waals surface area contributed by atoms with Crippen molar-refractivity contribution in [2.75, 3.05) is 18.7 Å². The highest BCUT2D eigenvalue weighted by molar-refractivity contribution is 7.52. The molecule has 0 bridgehead atoms. The zero-order valence-corrected chi connectivity index (χ0v) is 25.4. The van der Waals surface area contributed by atoms with Gasteiger partial charge >= 0.3 is 7.60 Å². The van der Waals surface area contributed by atoms with Crippen LogP contribution in [0.3, 0.4) is 0 Å². The summed E-state index contributed by atoms with van der Waals surface area (Å²) in [5.41, 5.74) is 6.78. The molecular weight excluding hydrogens is 551 g/mol. The number of unbranched alkanes of at least 4 members (excludes halogenated alkanes) is 12. The SMILES string of the molecule is C#CCCCCCCCCCCCCCCC(F)(F)CCCOP(=O)(O)CO[C@H](C)Cn1cnc2c(N)ncnc21. The quantitative estimate of drug-likeness (QED) is 0.0723. The van der Waals surface area contributed by atoms with Gasteiger partial charge in [-0.15, -0.1) is 12.3 Å². The molecule has 0 saturated carbocycles. The van der Waals surface area contributed by atoms with E-state index < -0.39 is 26.0 Å². The molecule has 0 saturated heterocycles. The number of nitrogen functional groups attached to an aromatic ring is 1. The number of alkyl halides is 2. The van der Waals surface area contributed by atoms with E-state index in [4.69, 9.17) is 21.4 Å². The second kappa shape index (κ2) is 19.1. The van der Waals surface area contributed by atoms with Crippen LogP contribution in [0, 0.1) is 12.3 Å². The van der Waals surface area contributed by atoms with Crippen molar-refractivity contribution >= 4 is 24.6 Å². The average Bonchev–Trinajstić information content (AvgIpc) is 3.34. The Hall–Kier alpha value is -2.12. The molecule has 0 aliphatic heterocycles. The Bertz CT molecular complexity index is 1090. The lowest BCUT2D eigenvalue weighted by Crippen LogP contribution is -2.18. The van der Waals surface area contributed by atoms with E-state index in [0.717, 1.165) is 32.1 Å². The highest BCUT2D eigenvalue weighted by Crippen LogP contribution is 2.42. The highest BCUT2D eigenvalue weighted by atomic mass is 31.2. The molecule has 0 fully saturated rings. The topological polar surface area (TPSA) is 125 Å². The van der Waals surface area contributed by atoms with Gasteiger partial charge in [-0.2, -0.15) is 0 Å². The summed E-state index contributed by atoms with van der Waals surface area (Å²) < 4.78 is 52.9. The van der Waals surface area contributed by atoms with Gasteiger partial charge in [0.15, 0.2) is 11.5 Å². The van der Waals surface area contributed by atoms with Gasteiger partial charge in [-0.25, -0.2) is 23.7 Å². The Morgan fingerprint density at radius 2 is 1.59 bits per heavy atom. The summed E-state index contributed by atoms with van der Waals surface area (Å²) in [6, 6.07) is 0. The first kappa shape index (κ1) is 35.1. The first-order valence-electron chi connectivity index (χ1n) is 14.9. The fourth-order valence-electron chi connectivity index (χ4n) is 4.66. The first-order chi connectivity index (χ1) is 19.6. The minimum absolute atomic E-state index is 0.000829. The number of hydrogen-bond acceptors (Lipinski definition) is 7. The number of anilines is 1. The number of nitrogens with two attached hydrogens (primary N) is 1. The lowest BCUT2D eigenvalue weighted by atomic mass is 10.0. The van der Waals surface area contributed by atoms with Gasteiger partial charge in [0.25, 0.3) is 0 Å². The van der Waals surface area contributed by atoms with Crippen LogP contribution in [0.15, 0.2) is 12.7 Å². The number of hydrogen-bond donors (Lipinski definition) is 2. The fourth-order valence-corrected chi connectivity index (χ4v) is 5.59. The van der Waals surface area contributed by atoms with Gasteiger partial charge in [0.05, 0.1) is 25.6 Å². The minimum Gasteiger partial charge on any atom is -0.382 e. The molecule has 232 valence electrons. The maximum absolute atomic E-state index is 14.2. The van der Waals surface area contributed by atoms with Crippen molar-refractivity contribution in [3.05, 3.63) is 12.7 Å². The van der Waals surface area contributed by atoms with E-state index in [1.807, 2.05) is 0 Å². The number of nitrogens with zero attached hydrogens (tertiary/aromatic N) is 4. The molecule has 0 aliphatic rings. The molecule has 0 amide bonds. The number of halogens is 2. The molecule has 2 atom stereocenters. The number of rotatable bonds is 24. The van der Waals surface area contributed by atoms with Crippen LogP contribution in [-0.4, -0.2) is 49.4 Å². The smallest absolute Gasteiger partial charge is 0.353 e. The molecule has 0 aromatic carbocycles. The maximum atomic E-state index is 14.2. The standard InChI is InChI=1S/C29H48F2N5O4P/c1-3-4-5-6-7-8-9-10-11-12-13-14-15-16-18-29(30,31)19-17-20-40-41(37,38)24-39-25(2)21-36-23-35-26-27(32)33-22-34-28(26)36/h1,22-23,25H,4-21,24H2,2H3,(H,37,38)(H2,32,33,34)/t25-/m1/s1. The Labute approximate surface area is 243 Å². The molecular formula is C29H48F2N5O4P. The summed E-state index contributed by atoms with van der Waals surface area (Å²) in [6.07, 6.45) is 20.6. The molecule has 2 aromatic rings. The van der Waals surface area contributed by atoms with Crippen LogP contribution in [0.2, 0.25) is 0 Å². The Kier molecular flexibility index (Phi) is 16.4. The van der Waals surface area contributed by atoms with Crippen molar-refractivity contribution in [2.24, 2.45) is 0 Å². The summed E-state index contributed by atoms with van der Waals surface area (Å²) >= 11 is 0. The molecule has 41 heavy (non-hydrogen) atoms. The van der Waals surface area contributed by atoms with Crippen LogP contribution in [0.4, 0.5) is 14.6 Å². The number of aromatic nitrogens is 4. The Morgan fingerprint density at radius 1 is 1.00 bits per heavy atom. The van der Waals surface area contributed by atoms with E-state index in [2.05, 4.69) is 20.9 Å². The second-order valence-electron chi connectivity index (χ2n) is 10.8. The van der Waals surface area contributed by atoms with Gasteiger partial charge in [0, 0.05) is 19.3 Å². The molecule has 2 heterocycles. The van der Waals surface area contributed by atoms with E-state index in [1.54, 1.807) is 17.8 Å². The van der Waals surface area contributed by atoms with Crippen molar-refractivity contribution in [1.82, 2.24) is 19.5 Å². The molecule has 9 nitrogen and oxygen atoms in total. The van der Waals surface area contributed by atoms with Crippen LogP contribution < -0.4 is 5.73 Å². The van der Waals surface area contributed by atoms with Crippen LogP contribution >= 0.6 is 7.60 Å². The Balaban J connectivity index is 1.48. The molecule has 0 radical (unpaired) electrons. The van der Waals surface area contributed by atoms with Crippen LogP contribution in [-0.2, 0) is 20.4 Å². The van der Waals surface area contributed by atoms with E-state index in [9.17, 15) is 18.2 Å². The lowest BCUT2D eigenvalue weighted by molar-refractivity contribution is -0.0233. The van der Waals surface area contributed by atoms with E-state index >= 15 is 0 Å². The largest absolute Gasteiger partial charge is 0.382 e. The van der Waals surface area contributed by atoms with Crippen LogP contribution in [0.1, 0.15) is 110 Å². The van der Waals surface area contributed by atoms with Crippen molar-refractivity contribution in [3.8, 4) is 12.3 Å². The molecule has 0 aliphatic carbocycles. The predicted octanol–water partition coefficient (Wildman–Crippen LogP) is 7.48. The van der Waals surface area contributed by atoms with Crippen molar-refractivity contribution in [2.45, 2.75) is 128 Å². The van der Waals surface area contributed by atoms with Crippen LogP contribution in [0.5, 0.6) is 0 Å². The normalized spacial score (nSPS) is 14.2. The number of imidazole rings is 1. The van der Waals surface area contributed by atoms with Gasteiger partial charge in [-0.1, -0.05) is 64.2 Å². The van der Waals surface area contributed by atoms with Gasteiger partial charge in [-0.05, 0) is 26.2 Å². The molecule has 0 spiro atoms. The number of ether oxygens (including phenoxy) is 1. The van der Waals surface area contributed by atoms with Gasteiger partial charge in [-0.3, -0.25) is 4.57 Å². The first-order valence-corrected chi connectivity index (χ1v) is 16.7. The summed E-state index contributed by atoms with van der Waals surface area (Å²) in [6.45, 7) is 1.81. The second-order valence-corrected chi connectivity index (χ2v) is 12.6. The third kappa shape index (κ3) is 15.1. The maximum Gasteiger partial charge on any atom is 0.353 e. The van der Waals surface area contributed by atoms with Crippen molar-refractivity contribution < 1.29 is 27.5 Å². The van der Waals surface area contributed by atoms with Crippen LogP contribution in [0.25, 0.3) is 11.2 Å². The zero-order chi connectivity index (χ0) is 30.0. The number of fused-ring (bicyclic) bond motifs is 1. The molecule has 2 aromatic heterocycles. The zero-order valence-electron chi connectivity index (χ0n) is 24.5. The van der Waals surface area contributed by atoms with Gasteiger partial charge < -0.3 is 24.5 Å². The predicted molar refractivity (Wildman–Crippen MR) is 159 cm³/mol. The summed E-state index contributed by atoms with van der Waals surface area (Å²) in [7, 11) is -4.07. The monoisotopic (exact) mass is 599 g/mol. The van der Waals surface area contributed by atoms with Crippen molar-refractivity contribution in [1.29, 1.82) is 0 Å². The van der Waals surface area contributed by atoms with Crippen molar-refractivity contribution in [3.63, 3.8) is 0 Å². The summed E-state index contributed by atoms with van der Waals surface area (Å²) in [5, 5.41) is 0. The van der Waals surface area contributed by atoms with Gasteiger partial charge in [0.2, 0.25) is 5.92 Å². The van der Waals surface area contributed by atoms with E-state index in [0.29, 0.717) is 24.1 Å². The average molecular weight is 600 g/mol. The third-order valence-corrected chi connectivity index (χ3v) is 8.06. The summed E-state index contributed by atoms with van der Waals surface area (Å²) in [5.74, 6) is 0.137. The van der Waals surface area contributed by atoms with E-state index in [-0.39, 0.29) is 31.7 Å². The molecule has 1 unspecified atom stereocenters. The Morgan fingerprint density at radius 3 is 2.22 bits per heavy atom. The lowest BCUT2D eigenvalue weighted by Gasteiger charge is -2.19. The highest BCUT2D eigenvalue weighted by Gasteiger charge is 2.28.